The van der Waals surface area contributed by atoms with Crippen LogP contribution in [0.5, 0.6) is 0 Å². The molecule has 2 aromatic rings. The number of thiophene rings is 1. The molecule has 0 saturated heterocycles. The van der Waals surface area contributed by atoms with E-state index < -0.39 is 5.97 Å². The Bertz CT molecular complexity index is 568. The number of pyridine rings is 1. The number of rotatable bonds is 4. The number of carboxylic acid groups (broad SMARTS) is 1. The molecule has 0 atom stereocenters. The van der Waals surface area contributed by atoms with Crippen LogP contribution < -0.4 is 0 Å². The second kappa shape index (κ2) is 5.82. The van der Waals surface area contributed by atoms with E-state index in [1.807, 2.05) is 6.07 Å². The molecule has 3 nitrogen and oxygen atoms in total. The van der Waals surface area contributed by atoms with E-state index in [-0.39, 0.29) is 0 Å². The molecule has 0 aromatic carbocycles. The minimum atomic E-state index is -0.892. The molecule has 2 rings (SSSR count). The Labute approximate surface area is 122 Å². The van der Waals surface area contributed by atoms with Crippen LogP contribution in [0.1, 0.15) is 15.2 Å². The van der Waals surface area contributed by atoms with Crippen LogP contribution >= 0.6 is 38.9 Å². The van der Waals surface area contributed by atoms with Gasteiger partial charge in [-0.05, 0) is 30.2 Å². The molecule has 0 fully saturated rings. The minimum Gasteiger partial charge on any atom is -0.477 e. The van der Waals surface area contributed by atoms with Gasteiger partial charge in [-0.15, -0.1) is 11.3 Å². The van der Waals surface area contributed by atoms with Gasteiger partial charge in [0.1, 0.15) is 4.88 Å². The van der Waals surface area contributed by atoms with Crippen LogP contribution in [-0.2, 0) is 6.42 Å². The molecule has 0 amide bonds. The van der Waals surface area contributed by atoms with Crippen molar-refractivity contribution in [3.8, 4) is 10.6 Å². The highest BCUT2D eigenvalue weighted by Gasteiger charge is 2.16. The lowest BCUT2D eigenvalue weighted by Crippen LogP contribution is -1.97. The average Bonchev–Trinajstić information content (AvgIpc) is 2.75. The van der Waals surface area contributed by atoms with Crippen LogP contribution in [0.4, 0.5) is 0 Å². The van der Waals surface area contributed by atoms with E-state index in [0.717, 1.165) is 21.5 Å². The smallest absolute Gasteiger partial charge is 0.346 e. The van der Waals surface area contributed by atoms with E-state index in [4.69, 9.17) is 16.7 Å². The molecule has 2 heterocycles. The van der Waals surface area contributed by atoms with Gasteiger partial charge >= 0.3 is 5.97 Å². The first-order valence-electron chi connectivity index (χ1n) is 5.15. The van der Waals surface area contributed by atoms with E-state index in [0.29, 0.717) is 16.3 Å². The summed E-state index contributed by atoms with van der Waals surface area (Å²) in [7, 11) is 0. The number of hydrogen-bond donors (Lipinski definition) is 1. The Morgan fingerprint density at radius 3 is 2.83 bits per heavy atom. The zero-order valence-electron chi connectivity index (χ0n) is 9.19. The van der Waals surface area contributed by atoms with Gasteiger partial charge in [0, 0.05) is 11.5 Å². The van der Waals surface area contributed by atoms with Gasteiger partial charge in [0.25, 0.3) is 0 Å². The number of aromatic carboxylic acids is 1. The molecule has 0 aliphatic rings. The van der Waals surface area contributed by atoms with Gasteiger partial charge in [0.2, 0.25) is 0 Å². The van der Waals surface area contributed by atoms with Crippen molar-refractivity contribution in [1.29, 1.82) is 0 Å². The summed E-state index contributed by atoms with van der Waals surface area (Å²) in [4.78, 5) is 16.6. The fourth-order valence-corrected chi connectivity index (χ4v) is 3.11. The minimum absolute atomic E-state index is 0.376. The van der Waals surface area contributed by atoms with Gasteiger partial charge in [-0.3, -0.25) is 4.98 Å². The van der Waals surface area contributed by atoms with Crippen LogP contribution in [0, 0.1) is 0 Å². The predicted octanol–water partition coefficient (Wildman–Crippen LogP) is 4.10. The highest BCUT2D eigenvalue weighted by molar-refractivity contribution is 9.09. The Balaban J connectivity index is 2.42. The van der Waals surface area contributed by atoms with Crippen molar-refractivity contribution in [2.75, 3.05) is 5.33 Å². The van der Waals surface area contributed by atoms with E-state index in [1.54, 1.807) is 18.3 Å². The molecule has 0 spiro atoms. The molecule has 0 aliphatic carbocycles. The maximum atomic E-state index is 11.1. The van der Waals surface area contributed by atoms with E-state index in [2.05, 4.69) is 20.9 Å². The first-order valence-corrected chi connectivity index (χ1v) is 7.47. The molecule has 0 aliphatic heterocycles. The largest absolute Gasteiger partial charge is 0.477 e. The third-order valence-electron chi connectivity index (χ3n) is 2.35. The number of hydrogen-bond acceptors (Lipinski definition) is 3. The summed E-state index contributed by atoms with van der Waals surface area (Å²) >= 11 is 10.3. The van der Waals surface area contributed by atoms with E-state index in [1.165, 1.54) is 11.3 Å². The number of nitrogens with zero attached hydrogens (tertiary/aromatic N) is 1. The van der Waals surface area contributed by atoms with Crippen molar-refractivity contribution in [3.05, 3.63) is 39.9 Å². The number of aromatic nitrogens is 1. The summed E-state index contributed by atoms with van der Waals surface area (Å²) < 4.78 is 0. The summed E-state index contributed by atoms with van der Waals surface area (Å²) in [6.45, 7) is 0. The summed E-state index contributed by atoms with van der Waals surface area (Å²) in [5.74, 6) is -0.892. The Kier molecular flexibility index (Phi) is 4.37. The third kappa shape index (κ3) is 2.91. The zero-order chi connectivity index (χ0) is 13.1. The lowest BCUT2D eigenvalue weighted by molar-refractivity contribution is 0.0701. The molecule has 18 heavy (non-hydrogen) atoms. The Morgan fingerprint density at radius 2 is 2.28 bits per heavy atom. The SMILES string of the molecule is O=C(O)c1sc(-c2ccc(Cl)cn2)cc1CCBr. The second-order valence-corrected chi connectivity index (χ2v) is 5.85. The number of halogens is 2. The molecule has 2 aromatic heterocycles. The highest BCUT2D eigenvalue weighted by atomic mass is 79.9. The first kappa shape index (κ1) is 13.5. The predicted molar refractivity (Wildman–Crippen MR) is 77.0 cm³/mol. The van der Waals surface area contributed by atoms with Gasteiger partial charge in [-0.1, -0.05) is 27.5 Å². The first-order chi connectivity index (χ1) is 8.61. The number of carbonyl (C=O) groups is 1. The molecule has 94 valence electrons. The Hall–Kier alpha value is -0.910. The lowest BCUT2D eigenvalue weighted by atomic mass is 10.2. The molecule has 1 N–H and O–H groups in total. The van der Waals surface area contributed by atoms with Crippen molar-refractivity contribution in [2.24, 2.45) is 0 Å². The van der Waals surface area contributed by atoms with Crippen molar-refractivity contribution >= 4 is 44.8 Å². The quantitative estimate of drug-likeness (QED) is 0.848. The second-order valence-electron chi connectivity index (χ2n) is 3.57. The monoisotopic (exact) mass is 345 g/mol. The van der Waals surface area contributed by atoms with E-state index in [9.17, 15) is 4.79 Å². The summed E-state index contributed by atoms with van der Waals surface area (Å²) in [5, 5.41) is 10.4. The Morgan fingerprint density at radius 1 is 1.50 bits per heavy atom. The maximum absolute atomic E-state index is 11.1. The van der Waals surface area contributed by atoms with Crippen molar-refractivity contribution in [2.45, 2.75) is 6.42 Å². The van der Waals surface area contributed by atoms with Crippen LogP contribution in [0.15, 0.2) is 24.4 Å². The van der Waals surface area contributed by atoms with Crippen molar-refractivity contribution in [1.82, 2.24) is 4.98 Å². The lowest BCUT2D eigenvalue weighted by Gasteiger charge is -1.95. The maximum Gasteiger partial charge on any atom is 0.346 e. The molecule has 0 unspecified atom stereocenters. The van der Waals surface area contributed by atoms with E-state index >= 15 is 0 Å². The van der Waals surface area contributed by atoms with Crippen LogP contribution in [0.25, 0.3) is 10.6 Å². The van der Waals surface area contributed by atoms with Crippen molar-refractivity contribution in [3.63, 3.8) is 0 Å². The molecule has 6 heteroatoms. The normalized spacial score (nSPS) is 10.6. The average molecular weight is 347 g/mol. The fourth-order valence-electron chi connectivity index (χ4n) is 1.55. The number of carboxylic acids is 1. The molecule has 0 saturated carbocycles. The van der Waals surface area contributed by atoms with Gasteiger partial charge in [0.15, 0.2) is 0 Å². The summed E-state index contributed by atoms with van der Waals surface area (Å²) in [5.41, 5.74) is 1.57. The van der Waals surface area contributed by atoms with Gasteiger partial charge < -0.3 is 5.11 Å². The third-order valence-corrected chi connectivity index (χ3v) is 4.15. The molecule has 0 bridgehead atoms. The van der Waals surface area contributed by atoms with Crippen LogP contribution in [-0.4, -0.2) is 21.4 Å². The van der Waals surface area contributed by atoms with Gasteiger partial charge in [0.05, 0.1) is 15.6 Å². The summed E-state index contributed by atoms with van der Waals surface area (Å²) in [6, 6.07) is 5.41. The van der Waals surface area contributed by atoms with Crippen LogP contribution in [0.2, 0.25) is 5.02 Å². The molecule has 0 radical (unpaired) electrons. The molecular weight excluding hydrogens is 338 g/mol. The van der Waals surface area contributed by atoms with Crippen molar-refractivity contribution < 1.29 is 9.90 Å². The fraction of sp³-hybridized carbons (Fsp3) is 0.167. The van der Waals surface area contributed by atoms with Gasteiger partial charge in [-0.2, -0.15) is 0 Å². The van der Waals surface area contributed by atoms with Crippen LogP contribution in [0.3, 0.4) is 0 Å². The highest BCUT2D eigenvalue weighted by Crippen LogP contribution is 2.31. The summed E-state index contributed by atoms with van der Waals surface area (Å²) in [6.07, 6.45) is 2.24. The molecular formula is C12H9BrClNO2S. The topological polar surface area (TPSA) is 50.2 Å². The van der Waals surface area contributed by atoms with Gasteiger partial charge in [-0.25, -0.2) is 4.79 Å². The zero-order valence-corrected chi connectivity index (χ0v) is 12.3. The number of alkyl halides is 1. The number of aryl methyl sites for hydroxylation is 1. The standard InChI is InChI=1S/C12H9BrClNO2S/c13-4-3-7-5-10(18-11(7)12(16)17)9-2-1-8(14)6-15-9/h1-2,5-6H,3-4H2,(H,16,17).